The Labute approximate surface area is 189 Å². The normalized spacial score (nSPS) is 11.4. The van der Waals surface area contributed by atoms with Crippen molar-refractivity contribution in [3.63, 3.8) is 0 Å². The molecule has 0 radical (unpaired) electrons. The summed E-state index contributed by atoms with van der Waals surface area (Å²) in [4.78, 5) is 25.0. The smallest absolute Gasteiger partial charge is 0.408 e. The molecule has 6 heteroatoms. The second-order valence-electron chi connectivity index (χ2n) is 6.68. The van der Waals surface area contributed by atoms with E-state index in [1.165, 1.54) is 0 Å². The Morgan fingerprint density at radius 2 is 1.27 bits per heavy atom. The zero-order chi connectivity index (χ0) is 21.2. The summed E-state index contributed by atoms with van der Waals surface area (Å²) in [6, 6.07) is 25.7. The van der Waals surface area contributed by atoms with Crippen molar-refractivity contribution in [3.05, 3.63) is 105 Å². The van der Waals surface area contributed by atoms with Crippen molar-refractivity contribution in [3.8, 4) is 0 Å². The Morgan fingerprint density at radius 1 is 0.733 bits per heavy atom. The zero-order valence-electron chi connectivity index (χ0n) is 16.3. The maximum Gasteiger partial charge on any atom is 0.408 e. The second kappa shape index (κ2) is 11.3. The van der Waals surface area contributed by atoms with Gasteiger partial charge < -0.3 is 14.8 Å². The highest BCUT2D eigenvalue weighted by Gasteiger charge is 2.23. The van der Waals surface area contributed by atoms with Crippen molar-refractivity contribution in [2.75, 3.05) is 0 Å². The Balaban J connectivity index is 1.62. The minimum absolute atomic E-state index is 0.127. The average Bonchev–Trinajstić information content (AvgIpc) is 2.78. The number of carbonyl (C=O) groups excluding carboxylic acids is 2. The highest BCUT2D eigenvalue weighted by atomic mass is 127. The van der Waals surface area contributed by atoms with Gasteiger partial charge in [0.15, 0.2) is 0 Å². The monoisotopic (exact) mass is 515 g/mol. The molecule has 3 rings (SSSR count). The van der Waals surface area contributed by atoms with E-state index in [9.17, 15) is 9.59 Å². The SMILES string of the molecule is O=C(N[C@H](Cc1ccc(I)cc1)C(=O)OCc1ccccc1)OCc1ccccc1. The van der Waals surface area contributed by atoms with Gasteiger partial charge >= 0.3 is 12.1 Å². The first-order valence-corrected chi connectivity index (χ1v) is 10.6. The van der Waals surface area contributed by atoms with Gasteiger partial charge in [0, 0.05) is 9.99 Å². The molecule has 0 bridgehead atoms. The van der Waals surface area contributed by atoms with Crippen molar-refractivity contribution in [1.29, 1.82) is 0 Å². The summed E-state index contributed by atoms with van der Waals surface area (Å²) in [5.74, 6) is -0.505. The Bertz CT molecular complexity index is 946. The van der Waals surface area contributed by atoms with Crippen LogP contribution >= 0.6 is 22.6 Å². The largest absolute Gasteiger partial charge is 0.459 e. The van der Waals surface area contributed by atoms with Crippen LogP contribution in [0.15, 0.2) is 84.9 Å². The molecule has 1 amide bonds. The Hall–Kier alpha value is -2.87. The van der Waals surface area contributed by atoms with E-state index < -0.39 is 18.1 Å². The fourth-order valence-corrected chi connectivity index (χ4v) is 3.15. The molecule has 0 aliphatic rings. The number of nitrogens with one attached hydrogen (secondary N) is 1. The molecule has 30 heavy (non-hydrogen) atoms. The standard InChI is InChI=1S/C24H22INO4/c25-21-13-11-18(12-14-21)15-22(23(27)29-16-19-7-3-1-4-8-19)26-24(28)30-17-20-9-5-2-6-10-20/h1-14,22H,15-17H2,(H,26,28)/t22-/m1/s1. The van der Waals surface area contributed by atoms with Gasteiger partial charge in [0.25, 0.3) is 0 Å². The quantitative estimate of drug-likeness (QED) is 0.344. The molecule has 0 aromatic heterocycles. The van der Waals surface area contributed by atoms with Gasteiger partial charge in [-0.1, -0.05) is 72.8 Å². The van der Waals surface area contributed by atoms with Gasteiger partial charge in [-0.05, 0) is 51.4 Å². The third-order valence-electron chi connectivity index (χ3n) is 4.37. The number of ether oxygens (including phenoxy) is 2. The third-order valence-corrected chi connectivity index (χ3v) is 5.09. The summed E-state index contributed by atoms with van der Waals surface area (Å²) in [5.41, 5.74) is 2.67. The lowest BCUT2D eigenvalue weighted by molar-refractivity contribution is -0.147. The topological polar surface area (TPSA) is 64.6 Å². The summed E-state index contributed by atoms with van der Waals surface area (Å²) >= 11 is 2.22. The van der Waals surface area contributed by atoms with E-state index in [1.54, 1.807) is 0 Å². The van der Waals surface area contributed by atoms with Crippen LogP contribution in [-0.2, 0) is 33.9 Å². The molecule has 3 aromatic rings. The molecule has 0 heterocycles. The minimum atomic E-state index is -0.850. The predicted octanol–water partition coefficient (Wildman–Crippen LogP) is 4.87. The fraction of sp³-hybridized carbons (Fsp3) is 0.167. The lowest BCUT2D eigenvalue weighted by Crippen LogP contribution is -2.43. The zero-order valence-corrected chi connectivity index (χ0v) is 18.5. The highest BCUT2D eigenvalue weighted by molar-refractivity contribution is 14.1. The number of amides is 1. The fourth-order valence-electron chi connectivity index (χ4n) is 2.79. The van der Waals surface area contributed by atoms with Crippen LogP contribution in [0.3, 0.4) is 0 Å². The maximum atomic E-state index is 12.7. The van der Waals surface area contributed by atoms with Gasteiger partial charge in [0.1, 0.15) is 19.3 Å². The van der Waals surface area contributed by atoms with Crippen molar-refractivity contribution in [2.24, 2.45) is 0 Å². The molecule has 0 aliphatic heterocycles. The Morgan fingerprint density at radius 3 is 1.83 bits per heavy atom. The molecule has 154 valence electrons. The van der Waals surface area contributed by atoms with Crippen LogP contribution in [0.2, 0.25) is 0 Å². The summed E-state index contributed by atoms with van der Waals surface area (Å²) in [5, 5.41) is 2.65. The molecule has 1 atom stereocenters. The summed E-state index contributed by atoms with van der Waals surface area (Å²) in [6.45, 7) is 0.269. The number of hydrogen-bond donors (Lipinski definition) is 1. The summed E-state index contributed by atoms with van der Waals surface area (Å²) in [7, 11) is 0. The van der Waals surface area contributed by atoms with Crippen molar-refractivity contribution in [1.82, 2.24) is 5.32 Å². The molecule has 1 N–H and O–H groups in total. The Kier molecular flexibility index (Phi) is 8.26. The van der Waals surface area contributed by atoms with E-state index in [1.807, 2.05) is 84.9 Å². The van der Waals surface area contributed by atoms with Crippen molar-refractivity contribution >= 4 is 34.7 Å². The second-order valence-corrected chi connectivity index (χ2v) is 7.93. The van der Waals surface area contributed by atoms with Crippen LogP contribution in [0, 0.1) is 3.57 Å². The molecule has 5 nitrogen and oxygen atoms in total. The van der Waals surface area contributed by atoms with Gasteiger partial charge in [-0.2, -0.15) is 0 Å². The molecule has 3 aromatic carbocycles. The minimum Gasteiger partial charge on any atom is -0.459 e. The van der Waals surface area contributed by atoms with E-state index in [4.69, 9.17) is 9.47 Å². The number of halogens is 1. The molecule has 0 aliphatic carbocycles. The van der Waals surface area contributed by atoms with Crippen LogP contribution in [0.1, 0.15) is 16.7 Å². The number of hydrogen-bond acceptors (Lipinski definition) is 4. The first-order chi connectivity index (χ1) is 14.6. The lowest BCUT2D eigenvalue weighted by Gasteiger charge is -2.18. The number of carbonyl (C=O) groups is 2. The number of alkyl carbamates (subject to hydrolysis) is 1. The van der Waals surface area contributed by atoms with Crippen LogP contribution < -0.4 is 5.32 Å². The maximum absolute atomic E-state index is 12.7. The van der Waals surface area contributed by atoms with Crippen molar-refractivity contribution in [2.45, 2.75) is 25.7 Å². The van der Waals surface area contributed by atoms with E-state index >= 15 is 0 Å². The first kappa shape index (κ1) is 21.8. The van der Waals surface area contributed by atoms with E-state index in [0.29, 0.717) is 6.42 Å². The van der Waals surface area contributed by atoms with Crippen LogP contribution in [0.25, 0.3) is 0 Å². The molecular weight excluding hydrogens is 493 g/mol. The van der Waals surface area contributed by atoms with E-state index in [0.717, 1.165) is 20.3 Å². The lowest BCUT2D eigenvalue weighted by atomic mass is 10.1. The molecule has 0 spiro atoms. The molecule has 0 saturated heterocycles. The van der Waals surface area contributed by atoms with Crippen LogP contribution in [0.4, 0.5) is 4.79 Å². The van der Waals surface area contributed by atoms with Crippen molar-refractivity contribution < 1.29 is 19.1 Å². The first-order valence-electron chi connectivity index (χ1n) is 9.52. The summed E-state index contributed by atoms with van der Waals surface area (Å²) < 4.78 is 11.8. The highest BCUT2D eigenvalue weighted by Crippen LogP contribution is 2.11. The van der Waals surface area contributed by atoms with Crippen LogP contribution in [-0.4, -0.2) is 18.1 Å². The van der Waals surface area contributed by atoms with E-state index in [2.05, 4.69) is 27.9 Å². The van der Waals surface area contributed by atoms with Crippen LogP contribution in [0.5, 0.6) is 0 Å². The molecule has 0 fully saturated rings. The van der Waals surface area contributed by atoms with Gasteiger partial charge in [-0.25, -0.2) is 9.59 Å². The average molecular weight is 515 g/mol. The van der Waals surface area contributed by atoms with Gasteiger partial charge in [0.05, 0.1) is 0 Å². The van der Waals surface area contributed by atoms with Gasteiger partial charge in [-0.3, -0.25) is 0 Å². The predicted molar refractivity (Wildman–Crippen MR) is 123 cm³/mol. The van der Waals surface area contributed by atoms with E-state index in [-0.39, 0.29) is 13.2 Å². The molecule has 0 saturated carbocycles. The van der Waals surface area contributed by atoms with Gasteiger partial charge in [-0.15, -0.1) is 0 Å². The molecule has 0 unspecified atom stereocenters. The van der Waals surface area contributed by atoms with Gasteiger partial charge in [0.2, 0.25) is 0 Å². The number of rotatable bonds is 8. The number of esters is 1. The molecular formula is C24H22INO4. The summed E-state index contributed by atoms with van der Waals surface area (Å²) in [6.07, 6.45) is -0.351. The third kappa shape index (κ3) is 7.18. The number of benzene rings is 3.